The highest BCUT2D eigenvalue weighted by atomic mass is 35.5. The molecular formula is C21H19ClN2O5. The normalized spacial score (nSPS) is 11.9. The van der Waals surface area contributed by atoms with Gasteiger partial charge in [-0.3, -0.25) is 9.59 Å². The number of aromatic amines is 1. The number of carboxylic acids is 1. The van der Waals surface area contributed by atoms with Crippen molar-refractivity contribution in [3.8, 4) is 0 Å². The number of halogens is 1. The van der Waals surface area contributed by atoms with E-state index >= 15 is 0 Å². The number of ether oxygens (including phenoxy) is 1. The van der Waals surface area contributed by atoms with Crippen molar-refractivity contribution < 1.29 is 19.4 Å². The van der Waals surface area contributed by atoms with Crippen molar-refractivity contribution in [2.24, 2.45) is 0 Å². The van der Waals surface area contributed by atoms with Gasteiger partial charge in [-0.15, -0.1) is 0 Å². The van der Waals surface area contributed by atoms with E-state index in [0.717, 1.165) is 5.56 Å². The van der Waals surface area contributed by atoms with E-state index in [9.17, 15) is 14.4 Å². The van der Waals surface area contributed by atoms with Crippen LogP contribution < -0.4 is 10.9 Å². The summed E-state index contributed by atoms with van der Waals surface area (Å²) in [6.45, 7) is 2.24. The van der Waals surface area contributed by atoms with Crippen LogP contribution >= 0.6 is 11.6 Å². The average molecular weight is 415 g/mol. The van der Waals surface area contributed by atoms with Gasteiger partial charge >= 0.3 is 5.97 Å². The van der Waals surface area contributed by atoms with E-state index in [1.807, 2.05) is 18.2 Å². The number of hydrogen-bond donors (Lipinski definition) is 3. The number of carbonyl (C=O) groups excluding carboxylic acids is 1. The predicted octanol–water partition coefficient (Wildman–Crippen LogP) is 3.27. The molecule has 1 heterocycles. The average Bonchev–Trinajstić information content (AvgIpc) is 2.70. The Labute approximate surface area is 171 Å². The molecule has 29 heavy (non-hydrogen) atoms. The van der Waals surface area contributed by atoms with Gasteiger partial charge in [0.25, 0.3) is 11.5 Å². The lowest BCUT2D eigenvalue weighted by Gasteiger charge is -2.18. The first-order chi connectivity index (χ1) is 13.9. The number of rotatable bonds is 7. The van der Waals surface area contributed by atoms with E-state index in [4.69, 9.17) is 21.4 Å². The van der Waals surface area contributed by atoms with Crippen LogP contribution in [-0.4, -0.2) is 28.6 Å². The Morgan fingerprint density at radius 1 is 1.21 bits per heavy atom. The van der Waals surface area contributed by atoms with Gasteiger partial charge < -0.3 is 20.1 Å². The van der Waals surface area contributed by atoms with Gasteiger partial charge in [0.05, 0.1) is 5.52 Å². The molecule has 1 amide bonds. The van der Waals surface area contributed by atoms with Gasteiger partial charge in [-0.2, -0.15) is 0 Å². The molecule has 2 aromatic carbocycles. The lowest BCUT2D eigenvalue weighted by Crippen LogP contribution is -2.30. The predicted molar refractivity (Wildman–Crippen MR) is 109 cm³/mol. The van der Waals surface area contributed by atoms with E-state index in [-0.39, 0.29) is 18.0 Å². The molecule has 0 radical (unpaired) electrons. The van der Waals surface area contributed by atoms with Gasteiger partial charge in [0, 0.05) is 23.6 Å². The lowest BCUT2D eigenvalue weighted by atomic mass is 10.1. The fraction of sp³-hybridized carbons (Fsp3) is 0.190. The topological polar surface area (TPSA) is 108 Å². The van der Waals surface area contributed by atoms with E-state index in [2.05, 4.69) is 10.3 Å². The molecule has 1 unspecified atom stereocenters. The number of fused-ring (bicyclic) bond motifs is 1. The van der Waals surface area contributed by atoms with E-state index in [1.54, 1.807) is 31.2 Å². The summed E-state index contributed by atoms with van der Waals surface area (Å²) in [6, 6.07) is 13.5. The summed E-state index contributed by atoms with van der Waals surface area (Å²) >= 11 is 6.14. The Hall–Kier alpha value is -3.16. The monoisotopic (exact) mass is 414 g/mol. The van der Waals surface area contributed by atoms with Crippen LogP contribution in [0, 0.1) is 0 Å². The minimum atomic E-state index is -1.33. The summed E-state index contributed by atoms with van der Waals surface area (Å²) in [5.74, 6) is -1.67. The summed E-state index contributed by atoms with van der Waals surface area (Å²) in [5.41, 5.74) is 0.587. The summed E-state index contributed by atoms with van der Waals surface area (Å²) in [5, 5.41) is 12.8. The number of aromatic nitrogens is 1. The molecule has 3 N–H and O–H groups in total. The summed E-state index contributed by atoms with van der Waals surface area (Å²) < 4.78 is 5.59. The third-order valence-corrected chi connectivity index (χ3v) is 4.57. The zero-order chi connectivity index (χ0) is 21.0. The van der Waals surface area contributed by atoms with Crippen molar-refractivity contribution in [3.63, 3.8) is 0 Å². The number of pyridine rings is 1. The fourth-order valence-electron chi connectivity index (χ4n) is 3.05. The van der Waals surface area contributed by atoms with Gasteiger partial charge in [0.2, 0.25) is 0 Å². The molecule has 150 valence electrons. The van der Waals surface area contributed by atoms with Crippen LogP contribution in [0.2, 0.25) is 5.02 Å². The third-order valence-electron chi connectivity index (χ3n) is 4.36. The second-order valence-electron chi connectivity index (χ2n) is 6.31. The number of carboxylic acid groups (broad SMARTS) is 1. The molecular weight excluding hydrogens is 396 g/mol. The highest BCUT2D eigenvalue weighted by molar-refractivity contribution is 6.31. The molecule has 1 atom stereocenters. The largest absolute Gasteiger partial charge is 0.477 e. The maximum absolute atomic E-state index is 12.7. The van der Waals surface area contributed by atoms with Crippen molar-refractivity contribution in [2.75, 3.05) is 6.61 Å². The third kappa shape index (κ3) is 4.64. The van der Waals surface area contributed by atoms with Crippen molar-refractivity contribution in [2.45, 2.75) is 19.6 Å². The maximum atomic E-state index is 12.7. The van der Waals surface area contributed by atoms with Gasteiger partial charge in [-0.05, 0) is 36.2 Å². The van der Waals surface area contributed by atoms with Gasteiger partial charge in [0.1, 0.15) is 5.56 Å². The van der Waals surface area contributed by atoms with Crippen molar-refractivity contribution >= 4 is 34.4 Å². The first kappa shape index (κ1) is 20.6. The highest BCUT2D eigenvalue weighted by Gasteiger charge is 2.21. The minimum absolute atomic E-state index is 0.0780. The lowest BCUT2D eigenvalue weighted by molar-refractivity contribution is -0.133. The Kier molecular flexibility index (Phi) is 6.31. The van der Waals surface area contributed by atoms with Crippen LogP contribution in [0.25, 0.3) is 10.9 Å². The number of amides is 1. The van der Waals surface area contributed by atoms with Crippen LogP contribution in [0.15, 0.2) is 53.3 Å². The van der Waals surface area contributed by atoms with Crippen LogP contribution in [0.3, 0.4) is 0 Å². The Morgan fingerprint density at radius 3 is 2.59 bits per heavy atom. The van der Waals surface area contributed by atoms with Crippen molar-refractivity contribution in [3.05, 3.63) is 80.6 Å². The first-order valence-electron chi connectivity index (χ1n) is 8.93. The highest BCUT2D eigenvalue weighted by Crippen LogP contribution is 2.23. The molecule has 0 spiro atoms. The van der Waals surface area contributed by atoms with Gasteiger partial charge in [-0.1, -0.05) is 41.9 Å². The number of nitrogens with one attached hydrogen (secondary N) is 2. The quantitative estimate of drug-likeness (QED) is 0.549. The van der Waals surface area contributed by atoms with Gasteiger partial charge in [0.15, 0.2) is 6.10 Å². The first-order valence-corrected chi connectivity index (χ1v) is 9.31. The van der Waals surface area contributed by atoms with E-state index < -0.39 is 17.6 Å². The molecule has 0 fully saturated rings. The number of aromatic carboxylic acids is 1. The second kappa shape index (κ2) is 8.89. The van der Waals surface area contributed by atoms with Crippen molar-refractivity contribution in [1.82, 2.24) is 10.3 Å². The number of carbonyl (C=O) groups is 2. The molecule has 3 rings (SSSR count). The van der Waals surface area contributed by atoms with Crippen molar-refractivity contribution in [1.29, 1.82) is 0 Å². The number of H-pyrrole nitrogens is 1. The molecule has 1 aromatic heterocycles. The summed E-state index contributed by atoms with van der Waals surface area (Å²) in [4.78, 5) is 38.5. The van der Waals surface area contributed by atoms with Crippen LogP contribution in [-0.2, 0) is 16.1 Å². The molecule has 0 aliphatic heterocycles. The Balaban J connectivity index is 1.89. The Morgan fingerprint density at radius 2 is 1.93 bits per heavy atom. The molecule has 0 saturated heterocycles. The van der Waals surface area contributed by atoms with Crippen LogP contribution in [0.1, 0.15) is 34.5 Å². The molecule has 0 saturated carbocycles. The minimum Gasteiger partial charge on any atom is -0.477 e. The molecule has 8 heteroatoms. The number of benzene rings is 2. The molecule has 0 aliphatic rings. The smallest absolute Gasteiger partial charge is 0.341 e. The summed E-state index contributed by atoms with van der Waals surface area (Å²) in [7, 11) is 0. The molecule has 3 aromatic rings. The standard InChI is InChI=1S/C21H19ClN2O5/c1-2-29-18(12-6-4-3-5-7-12)20(26)23-11-14-9-15(22)8-13-10-16(21(27)28)19(25)24-17(13)14/h3-10,18H,2,11H2,1H3,(H,23,26)(H,24,25)(H,27,28). The molecule has 0 bridgehead atoms. The fourth-order valence-corrected chi connectivity index (χ4v) is 3.29. The zero-order valence-electron chi connectivity index (χ0n) is 15.6. The van der Waals surface area contributed by atoms with Gasteiger partial charge in [-0.25, -0.2) is 4.79 Å². The molecule has 7 nitrogen and oxygen atoms in total. The molecule has 0 aliphatic carbocycles. The van der Waals surface area contributed by atoms with E-state index in [1.165, 1.54) is 6.07 Å². The van der Waals surface area contributed by atoms with E-state index in [0.29, 0.717) is 28.1 Å². The van der Waals surface area contributed by atoms with Crippen LogP contribution in [0.5, 0.6) is 0 Å². The number of hydrogen-bond acceptors (Lipinski definition) is 4. The summed E-state index contributed by atoms with van der Waals surface area (Å²) in [6.07, 6.45) is -0.774. The Bertz CT molecular complexity index is 1110. The second-order valence-corrected chi connectivity index (χ2v) is 6.75. The van der Waals surface area contributed by atoms with Crippen LogP contribution in [0.4, 0.5) is 0 Å². The maximum Gasteiger partial charge on any atom is 0.341 e. The SMILES string of the molecule is CCOC(C(=O)NCc1cc(Cl)cc2cc(C(=O)O)c(=O)[nH]c12)c1ccccc1. The zero-order valence-corrected chi connectivity index (χ0v) is 16.3.